The second kappa shape index (κ2) is 6.87. The lowest BCUT2D eigenvalue weighted by Crippen LogP contribution is -2.16. The van der Waals surface area contributed by atoms with Crippen molar-refractivity contribution in [2.24, 2.45) is 0 Å². The van der Waals surface area contributed by atoms with Crippen LogP contribution in [0.4, 0.5) is 0 Å². The number of rotatable bonds is 7. The molecule has 6 heteroatoms. The molecular formula is C15H20O6. The molecule has 0 aromatic heterocycles. The van der Waals surface area contributed by atoms with Crippen molar-refractivity contribution < 1.29 is 28.9 Å². The van der Waals surface area contributed by atoms with Crippen LogP contribution in [0.2, 0.25) is 0 Å². The topological polar surface area (TPSA) is 85.4 Å². The number of carboxylic acids is 1. The fourth-order valence-electron chi connectivity index (χ4n) is 2.13. The van der Waals surface area contributed by atoms with Crippen molar-refractivity contribution in [2.75, 3.05) is 13.2 Å². The number of ether oxygens (including phenoxy) is 3. The third-order valence-corrected chi connectivity index (χ3v) is 3.56. The predicted octanol–water partition coefficient (Wildman–Crippen LogP) is 1.80. The SMILES string of the molecule is C=C(CC1CO1)C(=O)OC(CC1CCCO1)=C(C)C(=O)O. The number of aliphatic carboxylic acids is 1. The number of hydrogen-bond acceptors (Lipinski definition) is 5. The van der Waals surface area contributed by atoms with Crippen LogP contribution in [0, 0.1) is 0 Å². The normalized spacial score (nSPS) is 25.2. The molecule has 0 amide bonds. The van der Waals surface area contributed by atoms with Crippen LogP contribution in [0.1, 0.15) is 32.6 Å². The summed E-state index contributed by atoms with van der Waals surface area (Å²) in [6, 6.07) is 0. The Labute approximate surface area is 123 Å². The van der Waals surface area contributed by atoms with Gasteiger partial charge in [0.1, 0.15) is 5.76 Å². The Hall–Kier alpha value is -1.66. The van der Waals surface area contributed by atoms with Gasteiger partial charge < -0.3 is 19.3 Å². The average molecular weight is 296 g/mol. The van der Waals surface area contributed by atoms with E-state index < -0.39 is 11.9 Å². The van der Waals surface area contributed by atoms with Crippen molar-refractivity contribution in [1.29, 1.82) is 0 Å². The number of carboxylic acid groups (broad SMARTS) is 1. The van der Waals surface area contributed by atoms with Crippen molar-refractivity contribution in [3.05, 3.63) is 23.5 Å². The first-order valence-electron chi connectivity index (χ1n) is 7.03. The number of carbonyl (C=O) groups excluding carboxylic acids is 1. The number of hydrogen-bond donors (Lipinski definition) is 1. The van der Waals surface area contributed by atoms with E-state index in [1.54, 1.807) is 0 Å². The molecule has 2 aliphatic heterocycles. The maximum atomic E-state index is 12.0. The van der Waals surface area contributed by atoms with Crippen LogP contribution in [0.5, 0.6) is 0 Å². The van der Waals surface area contributed by atoms with Crippen molar-refractivity contribution in [3.63, 3.8) is 0 Å². The summed E-state index contributed by atoms with van der Waals surface area (Å²) in [5.41, 5.74) is 0.315. The number of epoxide rings is 1. The first-order valence-corrected chi connectivity index (χ1v) is 7.03. The van der Waals surface area contributed by atoms with Gasteiger partial charge in [0, 0.05) is 25.0 Å². The van der Waals surface area contributed by atoms with Gasteiger partial charge in [0.05, 0.1) is 24.4 Å². The van der Waals surface area contributed by atoms with E-state index in [1.165, 1.54) is 6.92 Å². The Morgan fingerprint density at radius 3 is 2.52 bits per heavy atom. The van der Waals surface area contributed by atoms with Crippen molar-refractivity contribution in [1.82, 2.24) is 0 Å². The molecule has 0 aliphatic carbocycles. The van der Waals surface area contributed by atoms with E-state index in [0.717, 1.165) is 12.8 Å². The van der Waals surface area contributed by atoms with E-state index in [1.807, 2.05) is 0 Å². The minimum atomic E-state index is -1.10. The minimum absolute atomic E-state index is 0.0225. The Balaban J connectivity index is 2.00. The first kappa shape index (κ1) is 15.7. The van der Waals surface area contributed by atoms with Gasteiger partial charge in [0.25, 0.3) is 0 Å². The molecule has 1 N–H and O–H groups in total. The molecule has 0 aromatic rings. The van der Waals surface area contributed by atoms with Crippen molar-refractivity contribution in [3.8, 4) is 0 Å². The summed E-state index contributed by atoms with van der Waals surface area (Å²) in [7, 11) is 0. The molecule has 6 nitrogen and oxygen atoms in total. The standard InChI is InChI=1S/C15H20O6/c1-9(6-12-8-20-12)15(18)21-13(10(2)14(16)17)7-11-4-3-5-19-11/h11-12H,1,3-8H2,2H3,(H,16,17). The van der Waals surface area contributed by atoms with Crippen LogP contribution in [0.3, 0.4) is 0 Å². The molecule has 2 fully saturated rings. The maximum absolute atomic E-state index is 12.0. The summed E-state index contributed by atoms with van der Waals surface area (Å²) in [5, 5.41) is 9.10. The quantitative estimate of drug-likeness (QED) is 0.334. The lowest BCUT2D eigenvalue weighted by atomic mass is 10.1. The molecule has 0 aromatic carbocycles. The highest BCUT2D eigenvalue weighted by atomic mass is 16.6. The second-order valence-corrected chi connectivity index (χ2v) is 5.35. The molecule has 2 heterocycles. The zero-order chi connectivity index (χ0) is 15.4. The average Bonchev–Trinajstić information content (AvgIpc) is 3.10. The molecule has 2 atom stereocenters. The Bertz CT molecular complexity index is 469. The van der Waals surface area contributed by atoms with Gasteiger partial charge in [-0.3, -0.25) is 0 Å². The Morgan fingerprint density at radius 2 is 2.00 bits per heavy atom. The number of esters is 1. The van der Waals surface area contributed by atoms with Crippen LogP contribution in [0.15, 0.2) is 23.5 Å². The highest BCUT2D eigenvalue weighted by Gasteiger charge is 2.28. The molecule has 0 spiro atoms. The van der Waals surface area contributed by atoms with E-state index in [-0.39, 0.29) is 30.0 Å². The lowest BCUT2D eigenvalue weighted by Gasteiger charge is -2.15. The minimum Gasteiger partial charge on any atom is -0.478 e. The van der Waals surface area contributed by atoms with Gasteiger partial charge in [-0.05, 0) is 19.8 Å². The fraction of sp³-hybridized carbons (Fsp3) is 0.600. The highest BCUT2D eigenvalue weighted by Crippen LogP contribution is 2.25. The van der Waals surface area contributed by atoms with Crippen LogP contribution < -0.4 is 0 Å². The molecular weight excluding hydrogens is 276 g/mol. The summed E-state index contributed by atoms with van der Waals surface area (Å²) in [6.45, 7) is 6.37. The molecule has 116 valence electrons. The summed E-state index contributed by atoms with van der Waals surface area (Å²) in [6.07, 6.45) is 2.42. The zero-order valence-electron chi connectivity index (χ0n) is 12.1. The Kier molecular flexibility index (Phi) is 5.14. The first-order chi connectivity index (χ1) is 9.97. The van der Waals surface area contributed by atoms with E-state index in [4.69, 9.17) is 19.3 Å². The summed E-state index contributed by atoms with van der Waals surface area (Å²) < 4.78 is 15.8. The van der Waals surface area contributed by atoms with Crippen LogP contribution in [0.25, 0.3) is 0 Å². The monoisotopic (exact) mass is 296 g/mol. The van der Waals surface area contributed by atoms with E-state index >= 15 is 0 Å². The summed E-state index contributed by atoms with van der Waals surface area (Å²) >= 11 is 0. The van der Waals surface area contributed by atoms with E-state index in [0.29, 0.717) is 25.2 Å². The van der Waals surface area contributed by atoms with Gasteiger partial charge >= 0.3 is 11.9 Å². The number of carbonyl (C=O) groups is 2. The van der Waals surface area contributed by atoms with E-state index in [9.17, 15) is 9.59 Å². The van der Waals surface area contributed by atoms with E-state index in [2.05, 4.69) is 6.58 Å². The molecule has 21 heavy (non-hydrogen) atoms. The Morgan fingerprint density at radius 1 is 1.29 bits per heavy atom. The molecule has 2 aliphatic rings. The predicted molar refractivity (Wildman–Crippen MR) is 73.5 cm³/mol. The molecule has 0 radical (unpaired) electrons. The van der Waals surface area contributed by atoms with Crippen LogP contribution >= 0.6 is 0 Å². The zero-order valence-corrected chi connectivity index (χ0v) is 12.1. The molecule has 0 saturated carbocycles. The second-order valence-electron chi connectivity index (χ2n) is 5.35. The van der Waals surface area contributed by atoms with Crippen LogP contribution in [-0.4, -0.2) is 42.5 Å². The highest BCUT2D eigenvalue weighted by molar-refractivity contribution is 5.91. The third kappa shape index (κ3) is 4.68. The van der Waals surface area contributed by atoms with Gasteiger partial charge in [0.2, 0.25) is 0 Å². The van der Waals surface area contributed by atoms with Gasteiger partial charge in [-0.2, -0.15) is 0 Å². The lowest BCUT2D eigenvalue weighted by molar-refractivity contribution is -0.136. The van der Waals surface area contributed by atoms with Crippen molar-refractivity contribution >= 4 is 11.9 Å². The summed E-state index contributed by atoms with van der Waals surface area (Å²) in [4.78, 5) is 23.1. The molecule has 2 rings (SSSR count). The third-order valence-electron chi connectivity index (χ3n) is 3.56. The summed E-state index contributed by atoms with van der Waals surface area (Å²) in [5.74, 6) is -1.55. The molecule has 2 saturated heterocycles. The van der Waals surface area contributed by atoms with Gasteiger partial charge in [-0.15, -0.1) is 0 Å². The molecule has 0 bridgehead atoms. The van der Waals surface area contributed by atoms with Gasteiger partial charge in [0.15, 0.2) is 0 Å². The largest absolute Gasteiger partial charge is 0.478 e. The molecule has 2 unspecified atom stereocenters. The smallest absolute Gasteiger partial charge is 0.338 e. The fourth-order valence-corrected chi connectivity index (χ4v) is 2.13. The van der Waals surface area contributed by atoms with Gasteiger partial charge in [-0.1, -0.05) is 6.58 Å². The maximum Gasteiger partial charge on any atom is 0.338 e. The van der Waals surface area contributed by atoms with Crippen LogP contribution in [-0.2, 0) is 23.8 Å². The van der Waals surface area contributed by atoms with Crippen molar-refractivity contribution in [2.45, 2.75) is 44.8 Å². The van der Waals surface area contributed by atoms with Gasteiger partial charge in [-0.25, -0.2) is 9.59 Å².